The summed E-state index contributed by atoms with van der Waals surface area (Å²) in [6.07, 6.45) is 6.63. The van der Waals surface area contributed by atoms with Crippen LogP contribution in [-0.2, 0) is 0 Å². The van der Waals surface area contributed by atoms with E-state index in [0.717, 1.165) is 24.5 Å². The van der Waals surface area contributed by atoms with Crippen molar-refractivity contribution in [3.8, 4) is 0 Å². The molecule has 1 fully saturated rings. The molecule has 0 aromatic carbocycles. The van der Waals surface area contributed by atoms with E-state index in [0.29, 0.717) is 27.4 Å². The molecule has 0 spiro atoms. The molecule has 1 saturated carbocycles. The largest absolute Gasteiger partial charge is 0.383 e. The fourth-order valence-corrected chi connectivity index (χ4v) is 3.60. The lowest BCUT2D eigenvalue weighted by Crippen LogP contribution is -2.13. The maximum absolute atomic E-state index is 6.24. The Morgan fingerprint density at radius 3 is 2.89 bits per heavy atom. The molecule has 0 aliphatic heterocycles. The highest BCUT2D eigenvalue weighted by Gasteiger charge is 2.25. The van der Waals surface area contributed by atoms with Crippen LogP contribution in [0.1, 0.15) is 44.2 Å². The highest BCUT2D eigenvalue weighted by Crippen LogP contribution is 2.39. The van der Waals surface area contributed by atoms with Crippen LogP contribution in [0.25, 0.3) is 5.65 Å². The maximum atomic E-state index is 6.24. The van der Waals surface area contributed by atoms with Crippen LogP contribution in [0, 0.1) is 5.92 Å². The number of nitrogens with zero attached hydrogens (tertiary/aromatic N) is 2. The van der Waals surface area contributed by atoms with Gasteiger partial charge in [-0.15, -0.1) is 0 Å². The highest BCUT2D eigenvalue weighted by atomic mass is 35.5. The van der Waals surface area contributed by atoms with Crippen molar-refractivity contribution in [1.29, 1.82) is 0 Å². The van der Waals surface area contributed by atoms with E-state index < -0.39 is 0 Å². The summed E-state index contributed by atoms with van der Waals surface area (Å²) in [5.41, 5.74) is 7.92. The van der Waals surface area contributed by atoms with Gasteiger partial charge < -0.3 is 5.73 Å². The zero-order valence-electron chi connectivity index (χ0n) is 10.9. The standard InChI is InChI=1S/C14H17Cl2N3/c1-8-3-2-4-9(5-8)12-13(17)19-7-10(15)6-11(16)14(19)18-12/h6-9H,2-5,17H2,1H3. The number of fused-ring (bicyclic) bond motifs is 1. The second kappa shape index (κ2) is 4.88. The number of pyridine rings is 1. The molecule has 3 rings (SSSR count). The van der Waals surface area contributed by atoms with Gasteiger partial charge in [-0.1, -0.05) is 43.0 Å². The number of hydrogen-bond donors (Lipinski definition) is 1. The van der Waals surface area contributed by atoms with E-state index in [4.69, 9.17) is 28.9 Å². The van der Waals surface area contributed by atoms with Gasteiger partial charge in [0.1, 0.15) is 5.82 Å². The summed E-state index contributed by atoms with van der Waals surface area (Å²) in [4.78, 5) is 4.66. The Hall–Kier alpha value is -0.930. The molecule has 19 heavy (non-hydrogen) atoms. The molecule has 1 aliphatic rings. The molecular weight excluding hydrogens is 281 g/mol. The number of hydrogen-bond acceptors (Lipinski definition) is 2. The average Bonchev–Trinajstić information content (AvgIpc) is 2.68. The molecule has 0 radical (unpaired) electrons. The second-order valence-electron chi connectivity index (χ2n) is 5.55. The molecule has 2 heterocycles. The summed E-state index contributed by atoms with van der Waals surface area (Å²) in [6, 6.07) is 1.71. The molecule has 0 amide bonds. The van der Waals surface area contributed by atoms with E-state index in [9.17, 15) is 0 Å². The monoisotopic (exact) mass is 297 g/mol. The van der Waals surface area contributed by atoms with Gasteiger partial charge in [0.05, 0.1) is 15.7 Å². The third kappa shape index (κ3) is 2.30. The SMILES string of the molecule is CC1CCCC(c2nc3c(Cl)cc(Cl)cn3c2N)C1. The third-order valence-electron chi connectivity index (χ3n) is 4.03. The van der Waals surface area contributed by atoms with E-state index >= 15 is 0 Å². The predicted molar refractivity (Wildman–Crippen MR) is 80.0 cm³/mol. The summed E-state index contributed by atoms with van der Waals surface area (Å²) in [6.45, 7) is 2.29. The molecule has 102 valence electrons. The van der Waals surface area contributed by atoms with Gasteiger partial charge >= 0.3 is 0 Å². The van der Waals surface area contributed by atoms with Crippen LogP contribution in [0.4, 0.5) is 5.82 Å². The number of imidazole rings is 1. The summed E-state index contributed by atoms with van der Waals surface area (Å²) < 4.78 is 1.80. The first kappa shape index (κ1) is 13.1. The van der Waals surface area contributed by atoms with Crippen LogP contribution >= 0.6 is 23.2 Å². The topological polar surface area (TPSA) is 43.3 Å². The Kier molecular flexibility index (Phi) is 3.35. The van der Waals surface area contributed by atoms with Gasteiger partial charge in [-0.3, -0.25) is 4.40 Å². The number of nitrogens with two attached hydrogens (primary N) is 1. The molecule has 1 aliphatic carbocycles. The van der Waals surface area contributed by atoms with E-state index in [1.54, 1.807) is 16.7 Å². The van der Waals surface area contributed by atoms with Crippen molar-refractivity contribution < 1.29 is 0 Å². The van der Waals surface area contributed by atoms with Crippen molar-refractivity contribution in [3.05, 3.63) is 28.0 Å². The van der Waals surface area contributed by atoms with Gasteiger partial charge in [0.15, 0.2) is 5.65 Å². The van der Waals surface area contributed by atoms with Crippen LogP contribution in [-0.4, -0.2) is 9.38 Å². The van der Waals surface area contributed by atoms with E-state index in [1.807, 2.05) is 0 Å². The van der Waals surface area contributed by atoms with Crippen molar-refractivity contribution in [1.82, 2.24) is 9.38 Å². The molecule has 0 bridgehead atoms. The molecule has 0 saturated heterocycles. The first-order valence-electron chi connectivity index (χ1n) is 6.68. The number of anilines is 1. The molecule has 3 nitrogen and oxygen atoms in total. The van der Waals surface area contributed by atoms with Crippen molar-refractivity contribution in [2.45, 2.75) is 38.5 Å². The third-order valence-corrected chi connectivity index (χ3v) is 4.52. The summed E-state index contributed by atoms with van der Waals surface area (Å²) in [5, 5.41) is 1.12. The van der Waals surface area contributed by atoms with Crippen molar-refractivity contribution in [2.24, 2.45) is 5.92 Å². The number of rotatable bonds is 1. The van der Waals surface area contributed by atoms with Crippen LogP contribution in [0.3, 0.4) is 0 Å². The van der Waals surface area contributed by atoms with Crippen LogP contribution in [0.15, 0.2) is 12.3 Å². The minimum absolute atomic E-state index is 0.443. The number of nitrogen functional groups attached to an aromatic ring is 1. The summed E-state index contributed by atoms with van der Waals surface area (Å²) in [7, 11) is 0. The Labute approximate surface area is 122 Å². The van der Waals surface area contributed by atoms with E-state index in [2.05, 4.69) is 11.9 Å². The molecule has 2 aromatic heterocycles. The number of aromatic nitrogens is 2. The van der Waals surface area contributed by atoms with E-state index in [-0.39, 0.29) is 0 Å². The Morgan fingerprint density at radius 1 is 1.37 bits per heavy atom. The van der Waals surface area contributed by atoms with Crippen molar-refractivity contribution >= 4 is 34.7 Å². The normalized spacial score (nSPS) is 23.9. The fourth-order valence-electron chi connectivity index (χ4n) is 3.09. The van der Waals surface area contributed by atoms with Crippen LogP contribution < -0.4 is 5.73 Å². The first-order valence-corrected chi connectivity index (χ1v) is 7.44. The molecule has 2 N–H and O–H groups in total. The smallest absolute Gasteiger partial charge is 0.157 e. The van der Waals surface area contributed by atoms with Crippen molar-refractivity contribution in [3.63, 3.8) is 0 Å². The van der Waals surface area contributed by atoms with Crippen LogP contribution in [0.5, 0.6) is 0 Å². The minimum Gasteiger partial charge on any atom is -0.383 e. The lowest BCUT2D eigenvalue weighted by molar-refractivity contribution is 0.341. The average molecular weight is 298 g/mol. The quantitative estimate of drug-likeness (QED) is 0.841. The van der Waals surface area contributed by atoms with Gasteiger partial charge in [-0.05, 0) is 24.8 Å². The zero-order valence-corrected chi connectivity index (χ0v) is 12.4. The van der Waals surface area contributed by atoms with Gasteiger partial charge in [-0.25, -0.2) is 4.98 Å². The Morgan fingerprint density at radius 2 is 2.16 bits per heavy atom. The Bertz CT molecular complexity index is 621. The first-order chi connectivity index (χ1) is 9.06. The second-order valence-corrected chi connectivity index (χ2v) is 6.39. The summed E-state index contributed by atoms with van der Waals surface area (Å²) >= 11 is 12.2. The molecule has 2 aromatic rings. The number of halogens is 2. The lowest BCUT2D eigenvalue weighted by atomic mass is 9.81. The van der Waals surface area contributed by atoms with Gasteiger partial charge in [0, 0.05) is 12.1 Å². The molecule has 5 heteroatoms. The Balaban J connectivity index is 2.09. The molecule has 2 unspecified atom stereocenters. The van der Waals surface area contributed by atoms with Gasteiger partial charge in [0.2, 0.25) is 0 Å². The van der Waals surface area contributed by atoms with E-state index in [1.165, 1.54) is 12.8 Å². The predicted octanol–water partition coefficient (Wildman–Crippen LogP) is 4.52. The van der Waals surface area contributed by atoms with Crippen molar-refractivity contribution in [2.75, 3.05) is 5.73 Å². The molecule has 2 atom stereocenters. The molecular formula is C14H17Cl2N3. The fraction of sp³-hybridized carbons (Fsp3) is 0.500. The lowest BCUT2D eigenvalue weighted by Gasteiger charge is -2.25. The zero-order chi connectivity index (χ0) is 13.6. The van der Waals surface area contributed by atoms with Gasteiger partial charge in [-0.2, -0.15) is 0 Å². The maximum Gasteiger partial charge on any atom is 0.157 e. The minimum atomic E-state index is 0.443. The summed E-state index contributed by atoms with van der Waals surface area (Å²) in [5.74, 6) is 1.86. The van der Waals surface area contributed by atoms with Crippen LogP contribution in [0.2, 0.25) is 10.0 Å². The highest BCUT2D eigenvalue weighted by molar-refractivity contribution is 6.36. The van der Waals surface area contributed by atoms with Gasteiger partial charge in [0.25, 0.3) is 0 Å².